The average molecular weight is 558 g/mol. The fourth-order valence-corrected chi connectivity index (χ4v) is 4.36. The lowest BCUT2D eigenvalue weighted by Gasteiger charge is -2.14. The highest BCUT2D eigenvalue weighted by molar-refractivity contribution is 7.90. The predicted molar refractivity (Wildman–Crippen MR) is 130 cm³/mol. The Kier molecular flexibility index (Phi) is 8.77. The number of rotatable bonds is 11. The quantitative estimate of drug-likeness (QED) is 0.327. The van der Waals surface area contributed by atoms with Gasteiger partial charge in [-0.3, -0.25) is 4.79 Å². The molecule has 3 aromatic rings. The van der Waals surface area contributed by atoms with Crippen LogP contribution in [0, 0.1) is 0 Å². The third-order valence-corrected chi connectivity index (χ3v) is 6.99. The van der Waals surface area contributed by atoms with Crippen LogP contribution in [-0.4, -0.2) is 40.3 Å². The first-order valence-electron chi connectivity index (χ1n) is 11.1. The van der Waals surface area contributed by atoms with E-state index in [9.17, 15) is 36.3 Å². The van der Waals surface area contributed by atoms with Gasteiger partial charge in [0.2, 0.25) is 0 Å². The molecule has 198 valence electrons. The van der Waals surface area contributed by atoms with E-state index in [0.29, 0.717) is 17.8 Å². The monoisotopic (exact) mass is 557 g/mol. The van der Waals surface area contributed by atoms with Crippen LogP contribution >= 0.6 is 11.6 Å². The number of aryl methyl sites for hydroxylation is 1. The van der Waals surface area contributed by atoms with E-state index in [-0.39, 0.29) is 34.1 Å². The van der Waals surface area contributed by atoms with Crippen LogP contribution in [0.4, 0.5) is 13.2 Å². The molecule has 0 atom stereocenters. The van der Waals surface area contributed by atoms with Crippen molar-refractivity contribution >= 4 is 33.4 Å². The molecular formula is C24H23ClF3N3O5S. The molecule has 0 radical (unpaired) electrons. The molecular weight excluding hydrogens is 535 g/mol. The zero-order valence-electron chi connectivity index (χ0n) is 19.5. The number of aromatic carboxylic acids is 1. The van der Waals surface area contributed by atoms with Crippen LogP contribution < -0.4 is 4.72 Å². The van der Waals surface area contributed by atoms with Crippen LogP contribution in [0.15, 0.2) is 48.5 Å². The first kappa shape index (κ1) is 28.4. The van der Waals surface area contributed by atoms with Crippen molar-refractivity contribution < 1.29 is 36.3 Å². The number of hydrogen-bond donors (Lipinski definition) is 2. The zero-order chi connectivity index (χ0) is 27.4. The number of sulfonamides is 1. The molecule has 0 saturated carbocycles. The van der Waals surface area contributed by atoms with E-state index in [1.54, 1.807) is 22.8 Å². The number of alkyl halides is 3. The summed E-state index contributed by atoms with van der Waals surface area (Å²) in [5, 5.41) is 9.23. The van der Waals surface area contributed by atoms with Crippen LogP contribution in [-0.2, 0) is 29.5 Å². The summed E-state index contributed by atoms with van der Waals surface area (Å²) in [6.07, 6.45) is 2.00. The summed E-state index contributed by atoms with van der Waals surface area (Å²) in [6, 6.07) is 12.1. The number of benzene rings is 2. The standard InChI is InChI=1S/C24H23ClF3N3O5S/c1-2-3-8-20-30-22(25)19(13-29-37(35,36)24(26,27)28)31(20)14-15-9-11-16(12-10-15)21(32)17-6-4-5-7-18(17)23(33)34/h4-7,9-12,29H,2-3,8,13-14H2,1H3,(H,33,34). The minimum absolute atomic E-state index is 0.0326. The topological polar surface area (TPSA) is 118 Å². The van der Waals surface area contributed by atoms with Gasteiger partial charge in [0.05, 0.1) is 17.8 Å². The summed E-state index contributed by atoms with van der Waals surface area (Å²) >= 11 is 6.17. The van der Waals surface area contributed by atoms with Crippen LogP contribution in [0.5, 0.6) is 0 Å². The molecule has 0 aliphatic heterocycles. The molecule has 8 nitrogen and oxygen atoms in total. The molecule has 0 unspecified atom stereocenters. The van der Waals surface area contributed by atoms with Gasteiger partial charge in [-0.1, -0.05) is 67.4 Å². The highest BCUT2D eigenvalue weighted by Crippen LogP contribution is 2.25. The van der Waals surface area contributed by atoms with Gasteiger partial charge in [-0.15, -0.1) is 0 Å². The van der Waals surface area contributed by atoms with Gasteiger partial charge in [-0.25, -0.2) is 22.9 Å². The summed E-state index contributed by atoms with van der Waals surface area (Å²) in [4.78, 5) is 28.5. The SMILES string of the molecule is CCCCc1nc(Cl)c(CNS(=O)(=O)C(F)(F)F)n1Cc1ccc(C(=O)c2ccccc2C(=O)O)cc1. The molecule has 13 heteroatoms. The number of hydrogen-bond acceptors (Lipinski definition) is 5. The van der Waals surface area contributed by atoms with E-state index in [2.05, 4.69) is 4.98 Å². The molecule has 1 heterocycles. The average Bonchev–Trinajstić information content (AvgIpc) is 3.14. The third-order valence-electron chi connectivity index (χ3n) is 5.55. The molecule has 3 rings (SSSR count). The minimum atomic E-state index is -5.59. The van der Waals surface area contributed by atoms with E-state index in [0.717, 1.165) is 12.8 Å². The van der Waals surface area contributed by atoms with E-state index in [4.69, 9.17) is 11.6 Å². The maximum atomic E-state index is 12.9. The van der Waals surface area contributed by atoms with Gasteiger partial charge in [-0.05, 0) is 18.1 Å². The first-order valence-corrected chi connectivity index (χ1v) is 13.0. The number of nitrogens with one attached hydrogen (secondary N) is 1. The second-order valence-electron chi connectivity index (χ2n) is 8.10. The number of aromatic nitrogens is 2. The largest absolute Gasteiger partial charge is 0.511 e. The van der Waals surface area contributed by atoms with Crippen LogP contribution in [0.1, 0.15) is 63.1 Å². The Morgan fingerprint density at radius 2 is 1.70 bits per heavy atom. The molecule has 1 aromatic heterocycles. The lowest BCUT2D eigenvalue weighted by molar-refractivity contribution is -0.0448. The van der Waals surface area contributed by atoms with Gasteiger partial charge in [-0.2, -0.15) is 13.2 Å². The number of ketones is 1. The van der Waals surface area contributed by atoms with Crippen molar-refractivity contribution in [1.82, 2.24) is 14.3 Å². The number of carbonyl (C=O) groups is 2. The number of carbonyl (C=O) groups excluding carboxylic acids is 1. The number of nitrogens with zero attached hydrogens (tertiary/aromatic N) is 2. The Morgan fingerprint density at radius 3 is 2.27 bits per heavy atom. The summed E-state index contributed by atoms with van der Waals surface area (Å²) in [5.74, 6) is -1.24. The Bertz CT molecular complexity index is 1400. The third kappa shape index (κ3) is 6.56. The Balaban J connectivity index is 1.89. The lowest BCUT2D eigenvalue weighted by atomic mass is 9.97. The van der Waals surface area contributed by atoms with Gasteiger partial charge in [0.15, 0.2) is 10.9 Å². The van der Waals surface area contributed by atoms with Crippen molar-refractivity contribution in [3.63, 3.8) is 0 Å². The molecule has 0 saturated heterocycles. The smallest absolute Gasteiger partial charge is 0.478 e. The van der Waals surface area contributed by atoms with Gasteiger partial charge >= 0.3 is 21.5 Å². The number of imidazole rings is 1. The van der Waals surface area contributed by atoms with Crippen molar-refractivity contribution in [2.45, 2.75) is 44.8 Å². The summed E-state index contributed by atoms with van der Waals surface area (Å²) in [5.41, 5.74) is -4.63. The summed E-state index contributed by atoms with van der Waals surface area (Å²) in [6.45, 7) is 1.33. The van der Waals surface area contributed by atoms with Crippen molar-refractivity contribution in [2.75, 3.05) is 0 Å². The minimum Gasteiger partial charge on any atom is -0.478 e. The van der Waals surface area contributed by atoms with Gasteiger partial charge in [0, 0.05) is 24.1 Å². The predicted octanol–water partition coefficient (Wildman–Crippen LogP) is 4.80. The summed E-state index contributed by atoms with van der Waals surface area (Å²) in [7, 11) is -5.59. The lowest BCUT2D eigenvalue weighted by Crippen LogP contribution is -2.36. The zero-order valence-corrected chi connectivity index (χ0v) is 21.1. The Hall–Kier alpha value is -3.22. The second-order valence-corrected chi connectivity index (χ2v) is 10.2. The van der Waals surface area contributed by atoms with Gasteiger partial charge < -0.3 is 9.67 Å². The maximum Gasteiger partial charge on any atom is 0.511 e. The molecule has 0 bridgehead atoms. The number of unbranched alkanes of at least 4 members (excludes halogenated alkanes) is 1. The van der Waals surface area contributed by atoms with E-state index >= 15 is 0 Å². The van der Waals surface area contributed by atoms with E-state index in [1.165, 1.54) is 35.1 Å². The van der Waals surface area contributed by atoms with Crippen LogP contribution in [0.25, 0.3) is 0 Å². The first-order chi connectivity index (χ1) is 17.4. The Morgan fingerprint density at radius 1 is 1.08 bits per heavy atom. The molecule has 0 aliphatic rings. The maximum absolute atomic E-state index is 12.9. The normalized spacial score (nSPS) is 12.0. The van der Waals surface area contributed by atoms with E-state index in [1.807, 2.05) is 6.92 Å². The van der Waals surface area contributed by atoms with Gasteiger partial charge in [0.1, 0.15) is 5.82 Å². The van der Waals surface area contributed by atoms with Crippen molar-refractivity contribution in [3.05, 3.63) is 87.5 Å². The highest BCUT2D eigenvalue weighted by Gasteiger charge is 2.45. The second kappa shape index (κ2) is 11.4. The molecule has 2 aromatic carbocycles. The fraction of sp³-hybridized carbons (Fsp3) is 0.292. The van der Waals surface area contributed by atoms with Crippen molar-refractivity contribution in [1.29, 1.82) is 0 Å². The molecule has 0 amide bonds. The fourth-order valence-electron chi connectivity index (χ4n) is 3.60. The van der Waals surface area contributed by atoms with E-state index < -0.39 is 33.8 Å². The molecule has 37 heavy (non-hydrogen) atoms. The number of carboxylic acid groups (broad SMARTS) is 1. The molecule has 2 N–H and O–H groups in total. The van der Waals surface area contributed by atoms with Gasteiger partial charge in [0.25, 0.3) is 0 Å². The number of carboxylic acids is 1. The highest BCUT2D eigenvalue weighted by atomic mass is 35.5. The number of halogens is 4. The Labute approximate surface area is 216 Å². The van der Waals surface area contributed by atoms with Crippen molar-refractivity contribution in [2.24, 2.45) is 0 Å². The molecule has 0 spiro atoms. The summed E-state index contributed by atoms with van der Waals surface area (Å²) < 4.78 is 64.4. The molecule has 0 fully saturated rings. The molecule has 0 aliphatic carbocycles. The van der Waals surface area contributed by atoms with Crippen LogP contribution in [0.3, 0.4) is 0 Å². The van der Waals surface area contributed by atoms with Crippen molar-refractivity contribution in [3.8, 4) is 0 Å². The van der Waals surface area contributed by atoms with Crippen LogP contribution in [0.2, 0.25) is 5.15 Å².